The SMILES string of the molecule is COC(=O)c1ccccc1Nc1cc(-c2ccccc2)nc(NC2CC2)n1. The zero-order chi connectivity index (χ0) is 18.6. The van der Waals surface area contributed by atoms with Crippen LogP contribution in [0.4, 0.5) is 17.5 Å². The first-order chi connectivity index (χ1) is 13.2. The predicted octanol–water partition coefficient (Wildman–Crippen LogP) is 4.25. The number of nitrogens with zero attached hydrogens (tertiary/aromatic N) is 2. The molecule has 2 aromatic carbocycles. The molecule has 1 aliphatic carbocycles. The van der Waals surface area contributed by atoms with E-state index in [1.54, 1.807) is 12.1 Å². The second-order valence-electron chi connectivity index (χ2n) is 6.41. The van der Waals surface area contributed by atoms with E-state index in [0.29, 0.717) is 29.1 Å². The standard InChI is InChI=1S/C21H20N4O2/c1-27-20(26)16-9-5-6-10-17(16)23-19-13-18(14-7-3-2-4-8-14)24-21(25-19)22-15-11-12-15/h2-10,13,15H,11-12H2,1H3,(H2,22,23,24,25). The van der Waals surface area contributed by atoms with E-state index < -0.39 is 5.97 Å². The molecule has 6 nitrogen and oxygen atoms in total. The second-order valence-corrected chi connectivity index (χ2v) is 6.41. The maximum Gasteiger partial charge on any atom is 0.339 e. The molecule has 1 heterocycles. The number of anilines is 3. The van der Waals surface area contributed by atoms with Crippen molar-refractivity contribution in [3.63, 3.8) is 0 Å². The monoisotopic (exact) mass is 360 g/mol. The van der Waals surface area contributed by atoms with E-state index >= 15 is 0 Å². The number of ether oxygens (including phenoxy) is 1. The van der Waals surface area contributed by atoms with Crippen molar-refractivity contribution in [1.29, 1.82) is 0 Å². The molecule has 0 spiro atoms. The summed E-state index contributed by atoms with van der Waals surface area (Å²) < 4.78 is 4.87. The molecule has 0 aliphatic heterocycles. The van der Waals surface area contributed by atoms with Crippen LogP contribution in [0.15, 0.2) is 60.7 Å². The van der Waals surface area contributed by atoms with Crippen molar-refractivity contribution in [2.45, 2.75) is 18.9 Å². The molecule has 1 aromatic heterocycles. The Labute approximate surface area is 157 Å². The summed E-state index contributed by atoms with van der Waals surface area (Å²) in [4.78, 5) is 21.2. The third kappa shape index (κ3) is 4.06. The molecule has 2 N–H and O–H groups in total. The van der Waals surface area contributed by atoms with Gasteiger partial charge >= 0.3 is 5.97 Å². The van der Waals surface area contributed by atoms with Crippen LogP contribution in [0.2, 0.25) is 0 Å². The van der Waals surface area contributed by atoms with E-state index in [-0.39, 0.29) is 0 Å². The number of nitrogens with one attached hydrogen (secondary N) is 2. The van der Waals surface area contributed by atoms with E-state index in [1.807, 2.05) is 48.5 Å². The quantitative estimate of drug-likeness (QED) is 0.640. The Balaban J connectivity index is 1.71. The van der Waals surface area contributed by atoms with E-state index in [1.165, 1.54) is 7.11 Å². The Morgan fingerprint density at radius 1 is 1.04 bits per heavy atom. The minimum atomic E-state index is -0.397. The first kappa shape index (κ1) is 17.0. The van der Waals surface area contributed by atoms with Gasteiger partial charge in [-0.05, 0) is 25.0 Å². The van der Waals surface area contributed by atoms with Gasteiger partial charge in [-0.2, -0.15) is 4.98 Å². The Morgan fingerprint density at radius 3 is 2.52 bits per heavy atom. The lowest BCUT2D eigenvalue weighted by Crippen LogP contribution is -2.09. The van der Waals surface area contributed by atoms with Crippen molar-refractivity contribution in [1.82, 2.24) is 9.97 Å². The van der Waals surface area contributed by atoms with E-state index in [9.17, 15) is 4.79 Å². The van der Waals surface area contributed by atoms with Crippen LogP contribution < -0.4 is 10.6 Å². The number of carbonyl (C=O) groups excluding carboxylic acids is 1. The molecule has 0 unspecified atom stereocenters. The third-order valence-electron chi connectivity index (χ3n) is 4.30. The van der Waals surface area contributed by atoms with Gasteiger partial charge in [0.1, 0.15) is 5.82 Å². The predicted molar refractivity (Wildman–Crippen MR) is 105 cm³/mol. The maximum absolute atomic E-state index is 12.0. The number of benzene rings is 2. The van der Waals surface area contributed by atoms with Crippen LogP contribution in [0, 0.1) is 0 Å². The fraction of sp³-hybridized carbons (Fsp3) is 0.190. The van der Waals surface area contributed by atoms with Gasteiger partial charge < -0.3 is 15.4 Å². The molecular weight excluding hydrogens is 340 g/mol. The molecule has 27 heavy (non-hydrogen) atoms. The minimum absolute atomic E-state index is 0.397. The lowest BCUT2D eigenvalue weighted by molar-refractivity contribution is 0.0602. The number of methoxy groups -OCH3 is 1. The lowest BCUT2D eigenvalue weighted by Gasteiger charge is -2.13. The Bertz CT molecular complexity index is 955. The summed E-state index contributed by atoms with van der Waals surface area (Å²) in [5.41, 5.74) is 2.91. The van der Waals surface area contributed by atoms with Gasteiger partial charge in [-0.15, -0.1) is 0 Å². The molecule has 6 heteroatoms. The molecule has 1 aliphatic rings. The van der Waals surface area contributed by atoms with Crippen molar-refractivity contribution < 1.29 is 9.53 Å². The summed E-state index contributed by atoms with van der Waals surface area (Å²) in [6.45, 7) is 0. The highest BCUT2D eigenvalue weighted by atomic mass is 16.5. The number of carbonyl (C=O) groups is 1. The summed E-state index contributed by atoms with van der Waals surface area (Å²) in [5.74, 6) is 0.798. The summed E-state index contributed by atoms with van der Waals surface area (Å²) in [5, 5.41) is 6.59. The van der Waals surface area contributed by atoms with Crippen LogP contribution in [-0.4, -0.2) is 29.1 Å². The number of para-hydroxylation sites is 1. The van der Waals surface area contributed by atoms with Gasteiger partial charge in [0.05, 0.1) is 24.1 Å². The summed E-state index contributed by atoms with van der Waals surface area (Å²) in [6.07, 6.45) is 2.26. The van der Waals surface area contributed by atoms with Crippen LogP contribution in [0.5, 0.6) is 0 Å². The van der Waals surface area contributed by atoms with Crippen LogP contribution in [0.3, 0.4) is 0 Å². The molecule has 1 fully saturated rings. The zero-order valence-electron chi connectivity index (χ0n) is 15.0. The second kappa shape index (κ2) is 7.45. The molecule has 136 valence electrons. The first-order valence-corrected chi connectivity index (χ1v) is 8.88. The van der Waals surface area contributed by atoms with Crippen molar-refractivity contribution in [2.75, 3.05) is 17.7 Å². The number of esters is 1. The van der Waals surface area contributed by atoms with Gasteiger partial charge in [-0.3, -0.25) is 0 Å². The molecule has 0 bridgehead atoms. The molecule has 0 saturated heterocycles. The van der Waals surface area contributed by atoms with Gasteiger partial charge in [0.25, 0.3) is 0 Å². The highest BCUT2D eigenvalue weighted by Crippen LogP contribution is 2.28. The average molecular weight is 360 g/mol. The van der Waals surface area contributed by atoms with Gasteiger partial charge in [-0.1, -0.05) is 42.5 Å². The molecule has 0 amide bonds. The summed E-state index contributed by atoms with van der Waals surface area (Å²) in [7, 11) is 1.37. The van der Waals surface area contributed by atoms with Gasteiger partial charge in [0.15, 0.2) is 0 Å². The average Bonchev–Trinajstić information content (AvgIpc) is 3.52. The number of hydrogen-bond acceptors (Lipinski definition) is 6. The molecule has 1 saturated carbocycles. The van der Waals surface area contributed by atoms with Gasteiger partial charge in [0, 0.05) is 17.7 Å². The highest BCUT2D eigenvalue weighted by molar-refractivity contribution is 5.96. The number of aromatic nitrogens is 2. The highest BCUT2D eigenvalue weighted by Gasteiger charge is 2.22. The van der Waals surface area contributed by atoms with Crippen LogP contribution in [0.25, 0.3) is 11.3 Å². The fourth-order valence-corrected chi connectivity index (χ4v) is 2.76. The van der Waals surface area contributed by atoms with Crippen LogP contribution in [-0.2, 0) is 4.74 Å². The van der Waals surface area contributed by atoms with E-state index in [0.717, 1.165) is 24.1 Å². The largest absolute Gasteiger partial charge is 0.465 e. The van der Waals surface area contributed by atoms with Crippen LogP contribution >= 0.6 is 0 Å². The normalized spacial score (nSPS) is 13.1. The summed E-state index contributed by atoms with van der Waals surface area (Å²) in [6, 6.07) is 19.5. The van der Waals surface area contributed by atoms with Gasteiger partial charge in [-0.25, -0.2) is 9.78 Å². The van der Waals surface area contributed by atoms with Gasteiger partial charge in [0.2, 0.25) is 5.95 Å². The molecular formula is C21H20N4O2. The Morgan fingerprint density at radius 2 is 1.78 bits per heavy atom. The maximum atomic E-state index is 12.0. The summed E-state index contributed by atoms with van der Waals surface area (Å²) >= 11 is 0. The van der Waals surface area contributed by atoms with Crippen molar-refractivity contribution in [3.05, 3.63) is 66.2 Å². The molecule has 0 radical (unpaired) electrons. The number of hydrogen-bond donors (Lipinski definition) is 2. The lowest BCUT2D eigenvalue weighted by atomic mass is 10.1. The number of rotatable bonds is 6. The molecule has 3 aromatic rings. The van der Waals surface area contributed by atoms with Crippen LogP contribution in [0.1, 0.15) is 23.2 Å². The van der Waals surface area contributed by atoms with Crippen molar-refractivity contribution in [3.8, 4) is 11.3 Å². The first-order valence-electron chi connectivity index (χ1n) is 8.88. The topological polar surface area (TPSA) is 76.1 Å². The zero-order valence-corrected chi connectivity index (χ0v) is 15.0. The Hall–Kier alpha value is -3.41. The molecule has 4 rings (SSSR count). The minimum Gasteiger partial charge on any atom is -0.465 e. The molecule has 0 atom stereocenters. The fourth-order valence-electron chi connectivity index (χ4n) is 2.76. The van der Waals surface area contributed by atoms with Crippen molar-refractivity contribution in [2.24, 2.45) is 0 Å². The third-order valence-corrected chi connectivity index (χ3v) is 4.30. The van der Waals surface area contributed by atoms with Crippen molar-refractivity contribution >= 4 is 23.4 Å². The Kier molecular flexibility index (Phi) is 4.70. The smallest absolute Gasteiger partial charge is 0.339 e. The van der Waals surface area contributed by atoms with E-state index in [2.05, 4.69) is 20.6 Å². The van der Waals surface area contributed by atoms with E-state index in [4.69, 9.17) is 4.74 Å².